The second-order valence-electron chi connectivity index (χ2n) is 2.01. The fraction of sp³-hybridized carbons (Fsp3) is 0.833. The van der Waals surface area contributed by atoms with E-state index in [9.17, 15) is 4.79 Å². The molecule has 0 rings (SSSR count). The molecule has 3 nitrogen and oxygen atoms in total. The van der Waals surface area contributed by atoms with Crippen LogP contribution >= 0.6 is 0 Å². The van der Waals surface area contributed by atoms with E-state index < -0.39 is 0 Å². The minimum atomic E-state index is 0.0789. The van der Waals surface area contributed by atoms with Gasteiger partial charge < -0.3 is 10.1 Å². The van der Waals surface area contributed by atoms with Crippen LogP contribution in [0.1, 0.15) is 13.8 Å². The normalized spacial score (nSPS) is 16.3. The Kier molecular flexibility index (Phi) is 4.05. The summed E-state index contributed by atoms with van der Waals surface area (Å²) >= 11 is 0. The average Bonchev–Trinajstić information content (AvgIpc) is 1.87. The van der Waals surface area contributed by atoms with Crippen LogP contribution in [0.5, 0.6) is 0 Å². The standard InChI is InChI=1S/C6H13NO2/c1-5(7-4-8)6(2)9-3/h4-6H,1-3H3,(H,7,8). The number of hydrogen-bond acceptors (Lipinski definition) is 2. The summed E-state index contributed by atoms with van der Waals surface area (Å²) in [5.74, 6) is 0. The predicted molar refractivity (Wildman–Crippen MR) is 35.1 cm³/mol. The Labute approximate surface area is 55.4 Å². The first kappa shape index (κ1) is 8.43. The van der Waals surface area contributed by atoms with E-state index in [1.807, 2.05) is 13.8 Å². The SMILES string of the molecule is COC(C)C(C)NC=O. The highest BCUT2D eigenvalue weighted by Crippen LogP contribution is 1.93. The Bertz CT molecular complexity index is 85.1. The van der Waals surface area contributed by atoms with Crippen LogP contribution in [0.3, 0.4) is 0 Å². The van der Waals surface area contributed by atoms with Crippen LogP contribution in [-0.2, 0) is 9.53 Å². The van der Waals surface area contributed by atoms with Crippen molar-refractivity contribution in [1.82, 2.24) is 5.32 Å². The van der Waals surface area contributed by atoms with E-state index in [0.717, 1.165) is 0 Å². The number of carbonyl (C=O) groups excluding carboxylic acids is 1. The summed E-state index contributed by atoms with van der Waals surface area (Å²) in [6, 6.07) is 0.0903. The van der Waals surface area contributed by atoms with Crippen LogP contribution in [0.4, 0.5) is 0 Å². The van der Waals surface area contributed by atoms with Crippen LogP contribution in [-0.4, -0.2) is 25.7 Å². The van der Waals surface area contributed by atoms with E-state index >= 15 is 0 Å². The number of ether oxygens (including phenoxy) is 1. The minimum absolute atomic E-state index is 0.0789. The van der Waals surface area contributed by atoms with Gasteiger partial charge in [-0.15, -0.1) is 0 Å². The molecule has 0 aromatic heterocycles. The highest BCUT2D eigenvalue weighted by Gasteiger charge is 2.07. The Morgan fingerprint density at radius 1 is 1.56 bits per heavy atom. The summed E-state index contributed by atoms with van der Waals surface area (Å²) in [5.41, 5.74) is 0. The molecule has 2 atom stereocenters. The monoisotopic (exact) mass is 131 g/mol. The minimum Gasteiger partial charge on any atom is -0.380 e. The van der Waals surface area contributed by atoms with Crippen molar-refractivity contribution in [3.05, 3.63) is 0 Å². The third-order valence-corrected chi connectivity index (χ3v) is 1.41. The van der Waals surface area contributed by atoms with Crippen molar-refractivity contribution in [3.63, 3.8) is 0 Å². The van der Waals surface area contributed by atoms with Gasteiger partial charge in [0.25, 0.3) is 0 Å². The van der Waals surface area contributed by atoms with E-state index in [0.29, 0.717) is 6.41 Å². The highest BCUT2D eigenvalue weighted by atomic mass is 16.5. The summed E-state index contributed by atoms with van der Waals surface area (Å²) in [7, 11) is 1.62. The quantitative estimate of drug-likeness (QED) is 0.552. The summed E-state index contributed by atoms with van der Waals surface area (Å²) in [5, 5.41) is 2.59. The Morgan fingerprint density at radius 3 is 2.44 bits per heavy atom. The molecule has 1 amide bonds. The molecule has 0 aromatic rings. The predicted octanol–water partition coefficient (Wildman–Crippen LogP) is 0.156. The second kappa shape index (κ2) is 4.32. The zero-order valence-electron chi connectivity index (χ0n) is 6.05. The maximum absolute atomic E-state index is 9.87. The lowest BCUT2D eigenvalue weighted by atomic mass is 10.2. The lowest BCUT2D eigenvalue weighted by Crippen LogP contribution is -2.35. The van der Waals surface area contributed by atoms with Crippen LogP contribution in [0.25, 0.3) is 0 Å². The van der Waals surface area contributed by atoms with Gasteiger partial charge in [-0.1, -0.05) is 0 Å². The second-order valence-corrected chi connectivity index (χ2v) is 2.01. The molecule has 3 heteroatoms. The molecule has 0 saturated carbocycles. The van der Waals surface area contributed by atoms with Gasteiger partial charge in [0.05, 0.1) is 12.1 Å². The van der Waals surface area contributed by atoms with Gasteiger partial charge in [-0.05, 0) is 13.8 Å². The molecular weight excluding hydrogens is 118 g/mol. The fourth-order valence-corrected chi connectivity index (χ4v) is 0.447. The summed E-state index contributed by atoms with van der Waals surface area (Å²) in [6.45, 7) is 3.80. The van der Waals surface area contributed by atoms with Crippen molar-refractivity contribution >= 4 is 6.41 Å². The molecule has 54 valence electrons. The van der Waals surface area contributed by atoms with Crippen molar-refractivity contribution in [2.45, 2.75) is 26.0 Å². The topological polar surface area (TPSA) is 38.3 Å². The van der Waals surface area contributed by atoms with Crippen LogP contribution in [0, 0.1) is 0 Å². The fourth-order valence-electron chi connectivity index (χ4n) is 0.447. The van der Waals surface area contributed by atoms with Gasteiger partial charge >= 0.3 is 0 Å². The lowest BCUT2D eigenvalue weighted by molar-refractivity contribution is -0.110. The Morgan fingerprint density at radius 2 is 2.11 bits per heavy atom. The summed E-state index contributed by atoms with van der Waals surface area (Å²) in [6.07, 6.45) is 0.760. The molecule has 0 fully saturated rings. The molecule has 0 radical (unpaired) electrons. The van der Waals surface area contributed by atoms with Crippen molar-refractivity contribution in [2.75, 3.05) is 7.11 Å². The van der Waals surface area contributed by atoms with Gasteiger partial charge in [0, 0.05) is 7.11 Å². The van der Waals surface area contributed by atoms with E-state index in [2.05, 4.69) is 5.32 Å². The number of nitrogens with one attached hydrogen (secondary N) is 1. The molecule has 0 spiro atoms. The first-order valence-electron chi connectivity index (χ1n) is 2.95. The van der Waals surface area contributed by atoms with Crippen molar-refractivity contribution in [1.29, 1.82) is 0 Å². The largest absolute Gasteiger partial charge is 0.380 e. The summed E-state index contributed by atoms with van der Waals surface area (Å²) in [4.78, 5) is 9.87. The van der Waals surface area contributed by atoms with Crippen molar-refractivity contribution in [3.8, 4) is 0 Å². The van der Waals surface area contributed by atoms with Crippen LogP contribution in [0.2, 0.25) is 0 Å². The van der Waals surface area contributed by atoms with Gasteiger partial charge in [0.15, 0.2) is 0 Å². The van der Waals surface area contributed by atoms with E-state index in [1.165, 1.54) is 0 Å². The maximum atomic E-state index is 9.87. The average molecular weight is 131 g/mol. The molecule has 0 heterocycles. The van der Waals surface area contributed by atoms with Gasteiger partial charge in [0.1, 0.15) is 0 Å². The van der Waals surface area contributed by atoms with Gasteiger partial charge in [0.2, 0.25) is 6.41 Å². The Hall–Kier alpha value is -0.570. The van der Waals surface area contributed by atoms with E-state index in [1.54, 1.807) is 7.11 Å². The number of rotatable bonds is 4. The van der Waals surface area contributed by atoms with Gasteiger partial charge in [-0.25, -0.2) is 0 Å². The lowest BCUT2D eigenvalue weighted by Gasteiger charge is -2.16. The number of carbonyl (C=O) groups is 1. The zero-order chi connectivity index (χ0) is 7.28. The first-order chi connectivity index (χ1) is 4.22. The molecule has 0 aromatic carbocycles. The van der Waals surface area contributed by atoms with Gasteiger partial charge in [-0.2, -0.15) is 0 Å². The molecule has 0 aliphatic rings. The maximum Gasteiger partial charge on any atom is 0.207 e. The van der Waals surface area contributed by atoms with Crippen molar-refractivity contribution in [2.24, 2.45) is 0 Å². The number of amides is 1. The molecule has 0 aliphatic carbocycles. The molecular formula is C6H13NO2. The molecule has 2 unspecified atom stereocenters. The molecule has 9 heavy (non-hydrogen) atoms. The number of hydrogen-bond donors (Lipinski definition) is 1. The first-order valence-corrected chi connectivity index (χ1v) is 2.95. The Balaban J connectivity index is 3.44. The molecule has 1 N–H and O–H groups in total. The van der Waals surface area contributed by atoms with Crippen LogP contribution < -0.4 is 5.32 Å². The van der Waals surface area contributed by atoms with E-state index in [-0.39, 0.29) is 12.1 Å². The van der Waals surface area contributed by atoms with Crippen LogP contribution in [0.15, 0.2) is 0 Å². The van der Waals surface area contributed by atoms with Gasteiger partial charge in [-0.3, -0.25) is 4.79 Å². The third kappa shape index (κ3) is 3.08. The third-order valence-electron chi connectivity index (χ3n) is 1.41. The zero-order valence-corrected chi connectivity index (χ0v) is 6.05. The smallest absolute Gasteiger partial charge is 0.207 e. The molecule has 0 bridgehead atoms. The highest BCUT2D eigenvalue weighted by molar-refractivity contribution is 5.46. The van der Waals surface area contributed by atoms with Crippen molar-refractivity contribution < 1.29 is 9.53 Å². The van der Waals surface area contributed by atoms with E-state index in [4.69, 9.17) is 4.74 Å². The summed E-state index contributed by atoms with van der Waals surface area (Å²) < 4.78 is 4.94. The molecule has 0 aliphatic heterocycles. The molecule has 0 saturated heterocycles. The number of methoxy groups -OCH3 is 1.